The number of rotatable bonds is 4. The van der Waals surface area contributed by atoms with E-state index in [1.54, 1.807) is 0 Å². The maximum absolute atomic E-state index is 2.61. The largest absolute Gasteiger partial charge is 0.335 e. The fourth-order valence-electron chi connectivity index (χ4n) is 6.05. The Morgan fingerprint density at radius 1 is 0.657 bits per heavy atom. The zero-order valence-electron chi connectivity index (χ0n) is 21.6. The molecule has 0 aliphatic heterocycles. The summed E-state index contributed by atoms with van der Waals surface area (Å²) in [7, 11) is 0. The minimum atomic E-state index is -0.0850. The first-order chi connectivity index (χ1) is 16.8. The number of benzene rings is 4. The SMILES string of the molecule is CC1(C)c2ccccc2-c2cc(C3CC3)c(N(c3ccccc3-c3ccccc3)C(C)(C)C)cc21. The number of anilines is 2. The van der Waals surface area contributed by atoms with E-state index in [9.17, 15) is 0 Å². The normalized spacial score (nSPS) is 16.0. The minimum Gasteiger partial charge on any atom is -0.335 e. The summed E-state index contributed by atoms with van der Waals surface area (Å²) >= 11 is 0. The number of hydrogen-bond acceptors (Lipinski definition) is 1. The molecule has 1 nitrogen and oxygen atoms in total. The van der Waals surface area contributed by atoms with Crippen molar-refractivity contribution >= 4 is 11.4 Å². The Hall–Kier alpha value is -3.32. The molecule has 0 amide bonds. The summed E-state index contributed by atoms with van der Waals surface area (Å²) in [5.74, 6) is 0.653. The first kappa shape index (κ1) is 22.2. The van der Waals surface area contributed by atoms with E-state index in [-0.39, 0.29) is 11.0 Å². The monoisotopic (exact) mass is 457 g/mol. The van der Waals surface area contributed by atoms with Crippen LogP contribution in [0, 0.1) is 0 Å². The molecular formula is C34H35N. The molecular weight excluding hydrogens is 422 g/mol. The zero-order valence-corrected chi connectivity index (χ0v) is 21.6. The predicted molar refractivity (Wildman–Crippen MR) is 150 cm³/mol. The van der Waals surface area contributed by atoms with Crippen molar-refractivity contribution in [1.82, 2.24) is 0 Å². The summed E-state index contributed by atoms with van der Waals surface area (Å²) < 4.78 is 0. The van der Waals surface area contributed by atoms with Crippen molar-refractivity contribution < 1.29 is 0 Å². The second kappa shape index (κ2) is 7.85. The molecule has 4 aromatic rings. The van der Waals surface area contributed by atoms with Crippen molar-refractivity contribution in [2.24, 2.45) is 0 Å². The molecule has 176 valence electrons. The number of hydrogen-bond donors (Lipinski definition) is 0. The summed E-state index contributed by atoms with van der Waals surface area (Å²) in [6, 6.07) is 33.8. The van der Waals surface area contributed by atoms with Crippen LogP contribution in [0.1, 0.15) is 70.1 Å². The molecule has 0 bridgehead atoms. The van der Waals surface area contributed by atoms with E-state index in [2.05, 4.69) is 131 Å². The highest BCUT2D eigenvalue weighted by Crippen LogP contribution is 2.55. The van der Waals surface area contributed by atoms with Gasteiger partial charge < -0.3 is 4.90 Å². The highest BCUT2D eigenvalue weighted by molar-refractivity contribution is 5.88. The van der Waals surface area contributed by atoms with Gasteiger partial charge in [-0.1, -0.05) is 86.6 Å². The van der Waals surface area contributed by atoms with Crippen LogP contribution in [0.2, 0.25) is 0 Å². The van der Waals surface area contributed by atoms with Gasteiger partial charge in [-0.25, -0.2) is 0 Å². The van der Waals surface area contributed by atoms with Crippen LogP contribution < -0.4 is 4.90 Å². The number of nitrogens with zero attached hydrogens (tertiary/aromatic N) is 1. The molecule has 0 aromatic heterocycles. The lowest BCUT2D eigenvalue weighted by atomic mass is 9.81. The lowest BCUT2D eigenvalue weighted by Crippen LogP contribution is -2.38. The summed E-state index contributed by atoms with van der Waals surface area (Å²) in [5, 5.41) is 0. The first-order valence-electron chi connectivity index (χ1n) is 13.0. The maximum Gasteiger partial charge on any atom is 0.0495 e. The van der Waals surface area contributed by atoms with E-state index in [1.807, 2.05) is 0 Å². The molecule has 0 heterocycles. The summed E-state index contributed by atoms with van der Waals surface area (Å²) in [6.07, 6.45) is 2.57. The van der Waals surface area contributed by atoms with Crippen LogP contribution >= 0.6 is 0 Å². The minimum absolute atomic E-state index is 0.00867. The second-order valence-electron chi connectivity index (χ2n) is 11.8. The van der Waals surface area contributed by atoms with Gasteiger partial charge in [0.2, 0.25) is 0 Å². The molecule has 0 spiro atoms. The van der Waals surface area contributed by atoms with E-state index >= 15 is 0 Å². The molecule has 1 saturated carbocycles. The van der Waals surface area contributed by atoms with Crippen molar-refractivity contribution in [1.29, 1.82) is 0 Å². The average molecular weight is 458 g/mol. The Bertz CT molecular complexity index is 1400. The van der Waals surface area contributed by atoms with Gasteiger partial charge in [0.05, 0.1) is 0 Å². The van der Waals surface area contributed by atoms with Gasteiger partial charge >= 0.3 is 0 Å². The third-order valence-corrected chi connectivity index (χ3v) is 7.89. The van der Waals surface area contributed by atoms with Crippen LogP contribution in [-0.2, 0) is 5.41 Å². The fraction of sp³-hybridized carbons (Fsp3) is 0.294. The molecule has 0 N–H and O–H groups in total. The van der Waals surface area contributed by atoms with Crippen LogP contribution in [-0.4, -0.2) is 5.54 Å². The molecule has 0 atom stereocenters. The smallest absolute Gasteiger partial charge is 0.0495 e. The van der Waals surface area contributed by atoms with Gasteiger partial charge in [0, 0.05) is 27.9 Å². The van der Waals surface area contributed by atoms with Crippen molar-refractivity contribution in [3.8, 4) is 22.3 Å². The molecule has 35 heavy (non-hydrogen) atoms. The van der Waals surface area contributed by atoms with Gasteiger partial charge in [-0.15, -0.1) is 0 Å². The highest BCUT2D eigenvalue weighted by atomic mass is 15.2. The third kappa shape index (κ3) is 3.60. The summed E-state index contributed by atoms with van der Waals surface area (Å²) in [5.41, 5.74) is 12.4. The molecule has 2 aliphatic rings. The van der Waals surface area contributed by atoms with Crippen LogP contribution in [0.25, 0.3) is 22.3 Å². The molecule has 1 fully saturated rings. The molecule has 4 aromatic carbocycles. The van der Waals surface area contributed by atoms with Gasteiger partial charge in [0.15, 0.2) is 0 Å². The Morgan fingerprint density at radius 2 is 1.29 bits per heavy atom. The molecule has 0 unspecified atom stereocenters. The third-order valence-electron chi connectivity index (χ3n) is 7.89. The van der Waals surface area contributed by atoms with Crippen molar-refractivity contribution in [2.75, 3.05) is 4.90 Å². The predicted octanol–water partition coefficient (Wildman–Crippen LogP) is 9.47. The standard InChI is InChI=1S/C34H35N/c1-33(2,3)35(31-18-12-10-15-25(31)23-13-7-6-8-14-23)32-22-30-28(21-27(32)24-19-20-24)26-16-9-11-17-29(26)34(30,4)5/h6-18,21-22,24H,19-20H2,1-5H3. The van der Waals surface area contributed by atoms with E-state index in [0.717, 1.165) is 0 Å². The highest BCUT2D eigenvalue weighted by Gasteiger charge is 2.40. The second-order valence-corrected chi connectivity index (χ2v) is 11.8. The quantitative estimate of drug-likeness (QED) is 0.295. The van der Waals surface area contributed by atoms with Gasteiger partial charge in [-0.2, -0.15) is 0 Å². The molecule has 2 aliphatic carbocycles. The molecule has 0 saturated heterocycles. The number of fused-ring (bicyclic) bond motifs is 3. The van der Waals surface area contributed by atoms with Crippen molar-refractivity contribution in [3.63, 3.8) is 0 Å². The van der Waals surface area contributed by atoms with Crippen molar-refractivity contribution in [3.05, 3.63) is 108 Å². The first-order valence-corrected chi connectivity index (χ1v) is 13.0. The maximum atomic E-state index is 2.61. The topological polar surface area (TPSA) is 3.24 Å². The van der Waals surface area contributed by atoms with E-state index < -0.39 is 0 Å². The zero-order chi connectivity index (χ0) is 24.4. The molecule has 0 radical (unpaired) electrons. The summed E-state index contributed by atoms with van der Waals surface area (Å²) in [6.45, 7) is 11.8. The fourth-order valence-corrected chi connectivity index (χ4v) is 6.05. The summed E-state index contributed by atoms with van der Waals surface area (Å²) in [4.78, 5) is 2.61. The number of para-hydroxylation sites is 1. The Labute approximate surface area is 210 Å². The van der Waals surface area contributed by atoms with E-state index in [0.29, 0.717) is 5.92 Å². The van der Waals surface area contributed by atoms with Crippen LogP contribution in [0.3, 0.4) is 0 Å². The van der Waals surface area contributed by atoms with Crippen molar-refractivity contribution in [2.45, 2.75) is 64.3 Å². The van der Waals surface area contributed by atoms with Gasteiger partial charge in [0.25, 0.3) is 0 Å². The Balaban J connectivity index is 1.61. The van der Waals surface area contributed by atoms with Gasteiger partial charge in [-0.05, 0) is 91.1 Å². The van der Waals surface area contributed by atoms with Gasteiger partial charge in [-0.3, -0.25) is 0 Å². The van der Waals surface area contributed by atoms with Crippen LogP contribution in [0.5, 0.6) is 0 Å². The van der Waals surface area contributed by atoms with E-state index in [1.165, 1.54) is 63.2 Å². The molecule has 1 heteroatoms. The van der Waals surface area contributed by atoms with Gasteiger partial charge in [0.1, 0.15) is 0 Å². The Morgan fingerprint density at radius 3 is 1.97 bits per heavy atom. The average Bonchev–Trinajstić information content (AvgIpc) is 3.66. The lowest BCUT2D eigenvalue weighted by molar-refractivity contribution is 0.558. The van der Waals surface area contributed by atoms with Crippen LogP contribution in [0.15, 0.2) is 91.0 Å². The van der Waals surface area contributed by atoms with E-state index in [4.69, 9.17) is 0 Å². The Kier molecular flexibility index (Phi) is 4.97. The van der Waals surface area contributed by atoms with Crippen LogP contribution in [0.4, 0.5) is 11.4 Å². The lowest BCUT2D eigenvalue weighted by Gasteiger charge is -2.41. The molecule has 6 rings (SSSR count).